The first-order valence-corrected chi connectivity index (χ1v) is 6.51. The molecule has 1 N–H and O–H groups in total. The number of hydrogen-bond acceptors (Lipinski definition) is 4. The SMILES string of the molecule is CNC(C)c1sc(-c2ccc(C)cn2)nc1C. The molecule has 0 amide bonds. The van der Waals surface area contributed by atoms with Crippen LogP contribution >= 0.6 is 11.3 Å². The van der Waals surface area contributed by atoms with Gasteiger partial charge in [0.05, 0.1) is 11.4 Å². The highest BCUT2D eigenvalue weighted by atomic mass is 32.1. The average Bonchev–Trinajstić information content (AvgIpc) is 2.71. The summed E-state index contributed by atoms with van der Waals surface area (Å²) in [5.74, 6) is 0. The van der Waals surface area contributed by atoms with Crippen LogP contribution in [0, 0.1) is 13.8 Å². The van der Waals surface area contributed by atoms with Crippen LogP contribution in [0.5, 0.6) is 0 Å². The van der Waals surface area contributed by atoms with Crippen molar-refractivity contribution in [1.29, 1.82) is 0 Å². The molecule has 1 atom stereocenters. The van der Waals surface area contributed by atoms with Crippen LogP contribution < -0.4 is 5.32 Å². The summed E-state index contributed by atoms with van der Waals surface area (Å²) < 4.78 is 0. The molecule has 0 aliphatic heterocycles. The lowest BCUT2D eigenvalue weighted by Gasteiger charge is -2.06. The third-order valence-electron chi connectivity index (χ3n) is 2.79. The lowest BCUT2D eigenvalue weighted by molar-refractivity contribution is 0.658. The molecule has 0 spiro atoms. The van der Waals surface area contributed by atoms with E-state index in [2.05, 4.69) is 35.2 Å². The Labute approximate surface area is 106 Å². The van der Waals surface area contributed by atoms with Gasteiger partial charge in [-0.05, 0) is 39.4 Å². The quantitative estimate of drug-likeness (QED) is 0.905. The fourth-order valence-corrected chi connectivity index (χ4v) is 2.75. The molecule has 2 heterocycles. The first-order chi connectivity index (χ1) is 8.11. The van der Waals surface area contributed by atoms with Gasteiger partial charge in [0.2, 0.25) is 0 Å². The molecule has 1 unspecified atom stereocenters. The minimum Gasteiger partial charge on any atom is -0.312 e. The molecule has 2 aromatic rings. The number of aryl methyl sites for hydroxylation is 2. The maximum Gasteiger partial charge on any atom is 0.142 e. The van der Waals surface area contributed by atoms with Crippen LogP contribution in [0.1, 0.15) is 29.1 Å². The van der Waals surface area contributed by atoms with Crippen LogP contribution in [0.3, 0.4) is 0 Å². The van der Waals surface area contributed by atoms with Gasteiger partial charge in [-0.2, -0.15) is 0 Å². The van der Waals surface area contributed by atoms with E-state index in [0.29, 0.717) is 6.04 Å². The summed E-state index contributed by atoms with van der Waals surface area (Å²) in [5.41, 5.74) is 3.22. The molecule has 0 aliphatic carbocycles. The predicted octanol–water partition coefficient (Wildman–Crippen LogP) is 3.10. The van der Waals surface area contributed by atoms with Crippen LogP contribution in [0.4, 0.5) is 0 Å². The zero-order valence-corrected chi connectivity index (χ0v) is 11.4. The summed E-state index contributed by atoms with van der Waals surface area (Å²) in [6.07, 6.45) is 1.88. The molecule has 3 nitrogen and oxygen atoms in total. The minimum atomic E-state index is 0.340. The Balaban J connectivity index is 2.37. The third kappa shape index (κ3) is 2.53. The van der Waals surface area contributed by atoms with Gasteiger partial charge in [-0.3, -0.25) is 4.98 Å². The predicted molar refractivity (Wildman–Crippen MR) is 72.3 cm³/mol. The van der Waals surface area contributed by atoms with Crippen LogP contribution in [0.25, 0.3) is 10.7 Å². The number of aromatic nitrogens is 2. The summed E-state index contributed by atoms with van der Waals surface area (Å²) >= 11 is 1.72. The van der Waals surface area contributed by atoms with Crippen molar-refractivity contribution in [3.05, 3.63) is 34.5 Å². The number of nitrogens with one attached hydrogen (secondary N) is 1. The summed E-state index contributed by atoms with van der Waals surface area (Å²) in [6.45, 7) is 6.24. The van der Waals surface area contributed by atoms with Crippen molar-refractivity contribution in [2.24, 2.45) is 0 Å². The maximum atomic E-state index is 4.60. The van der Waals surface area contributed by atoms with Gasteiger partial charge in [-0.25, -0.2) is 4.98 Å². The van der Waals surface area contributed by atoms with E-state index < -0.39 is 0 Å². The minimum absolute atomic E-state index is 0.340. The van der Waals surface area contributed by atoms with Crippen LogP contribution in [0.15, 0.2) is 18.3 Å². The van der Waals surface area contributed by atoms with E-state index in [4.69, 9.17) is 0 Å². The molecular formula is C13H17N3S. The van der Waals surface area contributed by atoms with Gasteiger partial charge >= 0.3 is 0 Å². The van der Waals surface area contributed by atoms with Crippen molar-refractivity contribution in [2.45, 2.75) is 26.8 Å². The smallest absolute Gasteiger partial charge is 0.142 e. The highest BCUT2D eigenvalue weighted by molar-refractivity contribution is 7.15. The summed E-state index contributed by atoms with van der Waals surface area (Å²) in [6, 6.07) is 4.44. The second-order valence-electron chi connectivity index (χ2n) is 4.20. The molecule has 2 rings (SSSR count). The number of rotatable bonds is 3. The van der Waals surface area contributed by atoms with Crippen molar-refractivity contribution in [1.82, 2.24) is 15.3 Å². The molecule has 0 aliphatic rings. The van der Waals surface area contributed by atoms with Crippen molar-refractivity contribution in [3.63, 3.8) is 0 Å². The van der Waals surface area contributed by atoms with E-state index in [9.17, 15) is 0 Å². The van der Waals surface area contributed by atoms with Crippen molar-refractivity contribution in [3.8, 4) is 10.7 Å². The van der Waals surface area contributed by atoms with Crippen molar-refractivity contribution in [2.75, 3.05) is 7.05 Å². The normalized spacial score (nSPS) is 12.7. The molecule has 0 saturated carbocycles. The molecule has 0 saturated heterocycles. The lowest BCUT2D eigenvalue weighted by atomic mass is 10.2. The van der Waals surface area contributed by atoms with E-state index in [1.54, 1.807) is 11.3 Å². The number of thiazole rings is 1. The molecule has 0 aromatic carbocycles. The lowest BCUT2D eigenvalue weighted by Crippen LogP contribution is -2.11. The van der Waals surface area contributed by atoms with Crippen molar-refractivity contribution >= 4 is 11.3 Å². The van der Waals surface area contributed by atoms with Crippen LogP contribution in [-0.4, -0.2) is 17.0 Å². The Hall–Kier alpha value is -1.26. The Morgan fingerprint density at radius 3 is 2.65 bits per heavy atom. The van der Waals surface area contributed by atoms with E-state index in [1.165, 1.54) is 10.4 Å². The van der Waals surface area contributed by atoms with E-state index in [-0.39, 0.29) is 0 Å². The van der Waals surface area contributed by atoms with Gasteiger partial charge in [0.25, 0.3) is 0 Å². The second-order valence-corrected chi connectivity index (χ2v) is 5.23. The largest absolute Gasteiger partial charge is 0.312 e. The van der Waals surface area contributed by atoms with Gasteiger partial charge in [0.15, 0.2) is 0 Å². The molecular weight excluding hydrogens is 230 g/mol. The molecule has 17 heavy (non-hydrogen) atoms. The Morgan fingerprint density at radius 1 is 1.29 bits per heavy atom. The average molecular weight is 247 g/mol. The van der Waals surface area contributed by atoms with Gasteiger partial charge in [0.1, 0.15) is 5.01 Å². The Morgan fingerprint density at radius 2 is 2.06 bits per heavy atom. The molecule has 4 heteroatoms. The fraction of sp³-hybridized carbons (Fsp3) is 0.385. The number of nitrogens with zero attached hydrogens (tertiary/aromatic N) is 2. The van der Waals surface area contributed by atoms with E-state index >= 15 is 0 Å². The number of pyridine rings is 1. The van der Waals surface area contributed by atoms with Gasteiger partial charge in [0, 0.05) is 17.1 Å². The monoisotopic (exact) mass is 247 g/mol. The highest BCUT2D eigenvalue weighted by Gasteiger charge is 2.14. The first kappa shape index (κ1) is 12.2. The fourth-order valence-electron chi connectivity index (χ4n) is 1.64. The molecule has 0 radical (unpaired) electrons. The molecule has 90 valence electrons. The maximum absolute atomic E-state index is 4.60. The second kappa shape index (κ2) is 4.94. The first-order valence-electron chi connectivity index (χ1n) is 5.69. The molecule has 0 fully saturated rings. The highest BCUT2D eigenvalue weighted by Crippen LogP contribution is 2.30. The van der Waals surface area contributed by atoms with Gasteiger partial charge in [-0.15, -0.1) is 11.3 Å². The number of hydrogen-bond donors (Lipinski definition) is 1. The van der Waals surface area contributed by atoms with Crippen LogP contribution in [0.2, 0.25) is 0 Å². The zero-order valence-electron chi connectivity index (χ0n) is 10.6. The summed E-state index contributed by atoms with van der Waals surface area (Å²) in [5, 5.41) is 4.25. The summed E-state index contributed by atoms with van der Waals surface area (Å²) in [4.78, 5) is 10.3. The van der Waals surface area contributed by atoms with Crippen molar-refractivity contribution < 1.29 is 0 Å². The van der Waals surface area contributed by atoms with Gasteiger partial charge < -0.3 is 5.32 Å². The zero-order chi connectivity index (χ0) is 12.4. The van der Waals surface area contributed by atoms with Crippen LogP contribution in [-0.2, 0) is 0 Å². The molecule has 2 aromatic heterocycles. The summed E-state index contributed by atoms with van der Waals surface area (Å²) in [7, 11) is 1.97. The topological polar surface area (TPSA) is 37.8 Å². The standard InChI is InChI=1S/C13H17N3S/c1-8-5-6-11(15-7-8)13-16-10(3)12(17-13)9(2)14-4/h5-7,9,14H,1-4H3. The van der Waals surface area contributed by atoms with E-state index in [1.807, 2.05) is 26.2 Å². The molecule has 0 bridgehead atoms. The Bertz CT molecular complexity index is 502. The van der Waals surface area contributed by atoms with Gasteiger partial charge in [-0.1, -0.05) is 6.07 Å². The third-order valence-corrected chi connectivity index (χ3v) is 4.15. The Kier molecular flexibility index (Phi) is 3.54. The van der Waals surface area contributed by atoms with E-state index in [0.717, 1.165) is 16.4 Å².